The average Bonchev–Trinajstić information content (AvgIpc) is 3.18. The van der Waals surface area contributed by atoms with Crippen LogP contribution in [0, 0.1) is 10.1 Å². The molecule has 2 aromatic heterocycles. The Kier molecular flexibility index (Phi) is 8.15. The highest BCUT2D eigenvalue weighted by Gasteiger charge is 2.23. The summed E-state index contributed by atoms with van der Waals surface area (Å²) in [6, 6.07) is 0. The van der Waals surface area contributed by atoms with Crippen LogP contribution in [0.2, 0.25) is 0 Å². The molecule has 3 rings (SSSR count). The second-order valence-corrected chi connectivity index (χ2v) is 7.74. The van der Waals surface area contributed by atoms with Crippen LogP contribution in [0.5, 0.6) is 11.8 Å². The van der Waals surface area contributed by atoms with Crippen LogP contribution in [0.4, 0.5) is 5.69 Å². The lowest BCUT2D eigenvalue weighted by molar-refractivity contribution is -0.386. The summed E-state index contributed by atoms with van der Waals surface area (Å²) in [4.78, 5) is 20.3. The maximum absolute atomic E-state index is 11.0. The molecule has 1 aliphatic rings. The summed E-state index contributed by atoms with van der Waals surface area (Å²) in [5.41, 5.74) is 2.64. The number of methoxy groups -OCH3 is 2. The van der Waals surface area contributed by atoms with Crippen LogP contribution in [0.25, 0.3) is 12.2 Å². The highest BCUT2D eigenvalue weighted by molar-refractivity contribution is 9.10. The maximum atomic E-state index is 11.0. The van der Waals surface area contributed by atoms with Crippen LogP contribution < -0.4 is 9.47 Å². The molecule has 0 amide bonds. The van der Waals surface area contributed by atoms with Gasteiger partial charge in [-0.25, -0.2) is 9.97 Å². The summed E-state index contributed by atoms with van der Waals surface area (Å²) in [6.45, 7) is 0. The van der Waals surface area contributed by atoms with Gasteiger partial charge in [0.15, 0.2) is 0 Å². The molecule has 0 saturated heterocycles. The molecule has 8 nitrogen and oxygen atoms in total. The van der Waals surface area contributed by atoms with E-state index in [4.69, 9.17) is 9.47 Å². The van der Waals surface area contributed by atoms with Crippen LogP contribution in [0.1, 0.15) is 16.7 Å². The van der Waals surface area contributed by atoms with Gasteiger partial charge in [0.25, 0.3) is 5.88 Å². The third-order valence-corrected chi connectivity index (χ3v) is 5.12. The van der Waals surface area contributed by atoms with Gasteiger partial charge < -0.3 is 14.4 Å². The number of nitrogens with zero attached hydrogens (tertiary/aromatic N) is 4. The zero-order valence-electron chi connectivity index (χ0n) is 16.3. The smallest absolute Gasteiger partial charge is 0.339 e. The van der Waals surface area contributed by atoms with Crippen molar-refractivity contribution in [1.82, 2.24) is 14.9 Å². The number of fused-ring (bicyclic) bond motifs is 1. The Labute approximate surface area is 185 Å². The molecule has 0 radical (unpaired) electrons. The van der Waals surface area contributed by atoms with Crippen molar-refractivity contribution in [2.75, 3.05) is 28.3 Å². The predicted octanol–water partition coefficient (Wildman–Crippen LogP) is 4.72. The number of nitro groups is 1. The average molecular weight is 528 g/mol. The third kappa shape index (κ3) is 5.54. The largest absolute Gasteiger partial charge is 0.481 e. The van der Waals surface area contributed by atoms with E-state index in [1.54, 1.807) is 30.5 Å². The van der Waals surface area contributed by atoms with E-state index >= 15 is 0 Å². The Bertz CT molecular complexity index is 962. The van der Waals surface area contributed by atoms with Crippen molar-refractivity contribution in [3.63, 3.8) is 0 Å². The SMILES string of the molecule is COc1ncc(Br)c(/C=C/N(C)C)c1[N+](=O)[O-].COc1ncc(Br)c2c1CC=C2. The summed E-state index contributed by atoms with van der Waals surface area (Å²) in [5, 5.41) is 11.0. The predicted molar refractivity (Wildman–Crippen MR) is 119 cm³/mol. The van der Waals surface area contributed by atoms with Crippen molar-refractivity contribution in [2.45, 2.75) is 6.42 Å². The van der Waals surface area contributed by atoms with Crippen molar-refractivity contribution < 1.29 is 14.4 Å². The van der Waals surface area contributed by atoms with Crippen LogP contribution in [-0.2, 0) is 6.42 Å². The molecule has 0 aliphatic heterocycles. The Hall–Kier alpha value is -2.46. The monoisotopic (exact) mass is 526 g/mol. The molecule has 10 heteroatoms. The molecule has 154 valence electrons. The summed E-state index contributed by atoms with van der Waals surface area (Å²) in [6.07, 6.45) is 11.7. The second kappa shape index (κ2) is 10.4. The van der Waals surface area contributed by atoms with Crippen LogP contribution in [0.3, 0.4) is 0 Å². The Morgan fingerprint density at radius 1 is 1.14 bits per heavy atom. The molecule has 0 aromatic carbocycles. The molecule has 29 heavy (non-hydrogen) atoms. The van der Waals surface area contributed by atoms with Crippen molar-refractivity contribution in [1.29, 1.82) is 0 Å². The Balaban J connectivity index is 0.000000218. The van der Waals surface area contributed by atoms with Gasteiger partial charge in [-0.3, -0.25) is 10.1 Å². The Morgan fingerprint density at radius 3 is 2.34 bits per heavy atom. The molecule has 0 spiro atoms. The minimum atomic E-state index is -0.508. The topological polar surface area (TPSA) is 90.6 Å². The van der Waals surface area contributed by atoms with Gasteiger partial charge in [-0.1, -0.05) is 12.2 Å². The lowest BCUT2D eigenvalue weighted by Crippen LogP contribution is -2.02. The molecule has 0 unspecified atom stereocenters. The fourth-order valence-electron chi connectivity index (χ4n) is 2.55. The van der Waals surface area contributed by atoms with Gasteiger partial charge in [0.1, 0.15) is 0 Å². The van der Waals surface area contributed by atoms with Gasteiger partial charge in [-0.05, 0) is 56.1 Å². The van der Waals surface area contributed by atoms with Gasteiger partial charge in [-0.2, -0.15) is 0 Å². The molecule has 0 bridgehead atoms. The van der Waals surface area contributed by atoms with Crippen molar-refractivity contribution in [3.05, 3.63) is 60.4 Å². The lowest BCUT2D eigenvalue weighted by atomic mass is 10.2. The lowest BCUT2D eigenvalue weighted by Gasteiger charge is -2.07. The van der Waals surface area contributed by atoms with E-state index in [-0.39, 0.29) is 11.6 Å². The zero-order valence-corrected chi connectivity index (χ0v) is 19.5. The first-order valence-electron chi connectivity index (χ1n) is 8.39. The molecular formula is C19H20Br2N4O4. The van der Waals surface area contributed by atoms with E-state index in [0.29, 0.717) is 10.0 Å². The summed E-state index contributed by atoms with van der Waals surface area (Å²) in [7, 11) is 6.65. The quantitative estimate of drug-likeness (QED) is 0.410. The summed E-state index contributed by atoms with van der Waals surface area (Å²) in [5.74, 6) is 0.731. The number of hydrogen-bond acceptors (Lipinski definition) is 7. The molecule has 0 atom stereocenters. The highest BCUT2D eigenvalue weighted by atomic mass is 79.9. The standard InChI is InChI=1S/C10H12BrN3O3.C9H8BrNO/c1-13(2)5-4-7-8(11)6-12-10(17-3)9(7)14(15)16;1-12-9-7-4-2-3-6(7)8(10)5-11-9/h4-6H,1-3H3;2-3,5H,4H2,1H3/b5-4+;. The molecule has 2 aromatic rings. The van der Waals surface area contributed by atoms with Crippen LogP contribution in [0.15, 0.2) is 33.6 Å². The molecule has 1 aliphatic carbocycles. The number of hydrogen-bond donors (Lipinski definition) is 0. The van der Waals surface area contributed by atoms with Crippen molar-refractivity contribution >= 4 is 49.7 Å². The van der Waals surface area contributed by atoms with E-state index in [0.717, 1.165) is 16.8 Å². The minimum Gasteiger partial charge on any atom is -0.481 e. The number of aromatic nitrogens is 2. The number of allylic oxidation sites excluding steroid dienone is 1. The van der Waals surface area contributed by atoms with Gasteiger partial charge >= 0.3 is 5.69 Å². The van der Waals surface area contributed by atoms with E-state index < -0.39 is 4.92 Å². The van der Waals surface area contributed by atoms with Gasteiger partial charge in [0.2, 0.25) is 5.88 Å². The van der Waals surface area contributed by atoms with Crippen LogP contribution in [-0.4, -0.2) is 48.1 Å². The van der Waals surface area contributed by atoms with E-state index in [1.165, 1.54) is 24.4 Å². The molecule has 0 saturated carbocycles. The first kappa shape index (κ1) is 22.8. The number of pyridine rings is 2. The Morgan fingerprint density at radius 2 is 1.76 bits per heavy atom. The number of halogens is 2. The number of ether oxygens (including phenoxy) is 2. The van der Waals surface area contributed by atoms with E-state index in [9.17, 15) is 10.1 Å². The number of rotatable bonds is 5. The van der Waals surface area contributed by atoms with E-state index in [2.05, 4.69) is 54.0 Å². The zero-order chi connectivity index (χ0) is 21.6. The second-order valence-electron chi connectivity index (χ2n) is 6.03. The molecule has 2 heterocycles. The fourth-order valence-corrected chi connectivity index (χ4v) is 3.45. The fraction of sp³-hybridized carbons (Fsp3) is 0.263. The van der Waals surface area contributed by atoms with Gasteiger partial charge in [0.05, 0.1) is 29.2 Å². The van der Waals surface area contributed by atoms with Crippen LogP contribution >= 0.6 is 31.9 Å². The minimum absolute atomic E-state index is 0.00314. The van der Waals surface area contributed by atoms with Gasteiger partial charge in [-0.15, -0.1) is 0 Å². The third-order valence-electron chi connectivity index (χ3n) is 3.86. The van der Waals surface area contributed by atoms with Crippen molar-refractivity contribution in [2.24, 2.45) is 0 Å². The first-order valence-corrected chi connectivity index (χ1v) is 9.98. The molecular weight excluding hydrogens is 508 g/mol. The summed E-state index contributed by atoms with van der Waals surface area (Å²) < 4.78 is 11.6. The van der Waals surface area contributed by atoms with Gasteiger partial charge in [0, 0.05) is 36.5 Å². The summed E-state index contributed by atoms with van der Waals surface area (Å²) >= 11 is 6.68. The molecule has 0 N–H and O–H groups in total. The van der Waals surface area contributed by atoms with E-state index in [1.807, 2.05) is 14.1 Å². The first-order chi connectivity index (χ1) is 13.8. The highest BCUT2D eigenvalue weighted by Crippen LogP contribution is 2.34. The van der Waals surface area contributed by atoms with Crippen molar-refractivity contribution in [3.8, 4) is 11.8 Å². The maximum Gasteiger partial charge on any atom is 0.339 e. The normalized spacial score (nSPS) is 11.7. The molecule has 0 fully saturated rings.